The summed E-state index contributed by atoms with van der Waals surface area (Å²) in [5.41, 5.74) is 1.99. The van der Waals surface area contributed by atoms with Crippen LogP contribution in [0.15, 0.2) is 42.7 Å². The summed E-state index contributed by atoms with van der Waals surface area (Å²) in [4.78, 5) is 8.62. The van der Waals surface area contributed by atoms with Crippen molar-refractivity contribution in [2.45, 2.75) is 19.9 Å². The third-order valence-electron chi connectivity index (χ3n) is 2.16. The second kappa shape index (κ2) is 4.75. The van der Waals surface area contributed by atoms with Gasteiger partial charge in [-0.25, -0.2) is 4.98 Å². The van der Waals surface area contributed by atoms with Crippen molar-refractivity contribution in [3.05, 3.63) is 42.7 Å². The van der Waals surface area contributed by atoms with Crippen LogP contribution in [0.5, 0.6) is 0 Å². The second-order valence-electron chi connectivity index (χ2n) is 3.95. The molecule has 0 radical (unpaired) electrons. The number of anilines is 1. The van der Waals surface area contributed by atoms with Crippen molar-refractivity contribution in [2.75, 3.05) is 5.32 Å². The van der Waals surface area contributed by atoms with Crippen LogP contribution in [0.3, 0.4) is 0 Å². The molecule has 16 heavy (non-hydrogen) atoms. The summed E-state index contributed by atoms with van der Waals surface area (Å²) in [5, 5.41) is 3.25. The van der Waals surface area contributed by atoms with Gasteiger partial charge in [-0.15, -0.1) is 0 Å². The molecule has 0 aliphatic carbocycles. The Kier molecular flexibility index (Phi) is 3.15. The van der Waals surface area contributed by atoms with Crippen molar-refractivity contribution in [3.63, 3.8) is 0 Å². The van der Waals surface area contributed by atoms with E-state index in [1.54, 1.807) is 6.20 Å². The molecule has 0 amide bonds. The van der Waals surface area contributed by atoms with Gasteiger partial charge in [0.1, 0.15) is 5.82 Å². The lowest BCUT2D eigenvalue weighted by Crippen LogP contribution is -2.10. The van der Waals surface area contributed by atoms with Crippen LogP contribution < -0.4 is 5.32 Å². The first-order valence-corrected chi connectivity index (χ1v) is 5.40. The van der Waals surface area contributed by atoms with E-state index in [9.17, 15) is 0 Å². The summed E-state index contributed by atoms with van der Waals surface area (Å²) in [7, 11) is 0. The first kappa shape index (κ1) is 10.6. The fraction of sp³-hybridized carbons (Fsp3) is 0.231. The highest BCUT2D eigenvalue weighted by Gasteiger charge is 2.00. The average molecular weight is 213 g/mol. The molecule has 0 aliphatic heterocycles. The molecule has 0 aliphatic rings. The zero-order valence-corrected chi connectivity index (χ0v) is 9.51. The lowest BCUT2D eigenvalue weighted by atomic mass is 10.2. The van der Waals surface area contributed by atoms with Gasteiger partial charge < -0.3 is 5.32 Å². The van der Waals surface area contributed by atoms with Gasteiger partial charge in [0, 0.05) is 24.0 Å². The van der Waals surface area contributed by atoms with E-state index in [2.05, 4.69) is 29.1 Å². The third-order valence-corrected chi connectivity index (χ3v) is 2.16. The molecule has 0 bridgehead atoms. The predicted molar refractivity (Wildman–Crippen MR) is 66.2 cm³/mol. The highest BCUT2D eigenvalue weighted by atomic mass is 15.0. The minimum atomic E-state index is 0.396. The summed E-state index contributed by atoms with van der Waals surface area (Å²) in [6, 6.07) is 10.3. The number of nitrogens with zero attached hydrogens (tertiary/aromatic N) is 2. The predicted octanol–water partition coefficient (Wildman–Crippen LogP) is 2.96. The van der Waals surface area contributed by atoms with Crippen LogP contribution in [0.4, 0.5) is 5.82 Å². The Balaban J connectivity index is 2.20. The Labute approximate surface area is 95.6 Å². The Hall–Kier alpha value is -1.90. The van der Waals surface area contributed by atoms with E-state index in [1.165, 1.54) is 0 Å². The molecule has 2 heterocycles. The molecule has 3 nitrogen and oxygen atoms in total. The SMILES string of the molecule is CC(C)Nc1ccc(-c2ccccn2)cn1. The summed E-state index contributed by atoms with van der Waals surface area (Å²) < 4.78 is 0. The maximum absolute atomic E-state index is 4.34. The molecule has 3 heteroatoms. The molecule has 0 fully saturated rings. The molecule has 0 saturated heterocycles. The van der Waals surface area contributed by atoms with Crippen LogP contribution in [-0.4, -0.2) is 16.0 Å². The van der Waals surface area contributed by atoms with Crippen molar-refractivity contribution >= 4 is 5.82 Å². The maximum Gasteiger partial charge on any atom is 0.126 e. The van der Waals surface area contributed by atoms with Crippen molar-refractivity contribution in [1.82, 2.24) is 9.97 Å². The molecule has 2 rings (SSSR count). The zero-order chi connectivity index (χ0) is 11.4. The quantitative estimate of drug-likeness (QED) is 0.851. The average Bonchev–Trinajstić information content (AvgIpc) is 2.30. The molecule has 0 atom stereocenters. The zero-order valence-electron chi connectivity index (χ0n) is 9.51. The number of rotatable bonds is 3. The molecule has 2 aromatic rings. The fourth-order valence-electron chi connectivity index (χ4n) is 1.46. The number of aromatic nitrogens is 2. The summed E-state index contributed by atoms with van der Waals surface area (Å²) in [5.74, 6) is 0.898. The molecule has 1 N–H and O–H groups in total. The van der Waals surface area contributed by atoms with Crippen molar-refractivity contribution in [2.24, 2.45) is 0 Å². The lowest BCUT2D eigenvalue weighted by Gasteiger charge is -2.08. The lowest BCUT2D eigenvalue weighted by molar-refractivity contribution is 0.889. The van der Waals surface area contributed by atoms with Gasteiger partial charge in [-0.3, -0.25) is 4.98 Å². The summed E-state index contributed by atoms with van der Waals surface area (Å²) >= 11 is 0. The Morgan fingerprint density at radius 1 is 1.06 bits per heavy atom. The number of hydrogen-bond acceptors (Lipinski definition) is 3. The Morgan fingerprint density at radius 2 is 1.94 bits per heavy atom. The van der Waals surface area contributed by atoms with Gasteiger partial charge in [-0.2, -0.15) is 0 Å². The van der Waals surface area contributed by atoms with E-state index in [-0.39, 0.29) is 0 Å². The van der Waals surface area contributed by atoms with Crippen molar-refractivity contribution in [3.8, 4) is 11.3 Å². The standard InChI is InChI=1S/C13H15N3/c1-10(2)16-13-7-6-11(9-15-13)12-5-3-4-8-14-12/h3-10H,1-2H3,(H,15,16). The van der Waals surface area contributed by atoms with Gasteiger partial charge in [0.05, 0.1) is 5.69 Å². The topological polar surface area (TPSA) is 37.8 Å². The number of pyridine rings is 2. The molecule has 0 unspecified atom stereocenters. The Bertz CT molecular complexity index is 434. The first-order chi connectivity index (χ1) is 7.75. The van der Waals surface area contributed by atoms with Crippen LogP contribution >= 0.6 is 0 Å². The van der Waals surface area contributed by atoms with Crippen LogP contribution in [0.25, 0.3) is 11.3 Å². The van der Waals surface area contributed by atoms with Gasteiger partial charge in [0.15, 0.2) is 0 Å². The molecule has 0 spiro atoms. The first-order valence-electron chi connectivity index (χ1n) is 5.40. The fourth-order valence-corrected chi connectivity index (χ4v) is 1.46. The van der Waals surface area contributed by atoms with E-state index in [4.69, 9.17) is 0 Å². The summed E-state index contributed by atoms with van der Waals surface area (Å²) in [6.07, 6.45) is 3.63. The highest BCUT2D eigenvalue weighted by molar-refractivity contribution is 5.59. The van der Waals surface area contributed by atoms with Gasteiger partial charge in [-0.1, -0.05) is 6.07 Å². The van der Waals surface area contributed by atoms with E-state index in [0.717, 1.165) is 17.1 Å². The van der Waals surface area contributed by atoms with Crippen LogP contribution in [0, 0.1) is 0 Å². The van der Waals surface area contributed by atoms with Gasteiger partial charge in [0.25, 0.3) is 0 Å². The van der Waals surface area contributed by atoms with Crippen LogP contribution in [0.1, 0.15) is 13.8 Å². The largest absolute Gasteiger partial charge is 0.368 e. The van der Waals surface area contributed by atoms with Crippen molar-refractivity contribution in [1.29, 1.82) is 0 Å². The smallest absolute Gasteiger partial charge is 0.126 e. The van der Waals surface area contributed by atoms with Crippen molar-refractivity contribution < 1.29 is 0 Å². The minimum absolute atomic E-state index is 0.396. The molecule has 0 aromatic carbocycles. The van der Waals surface area contributed by atoms with Gasteiger partial charge in [0.2, 0.25) is 0 Å². The second-order valence-corrected chi connectivity index (χ2v) is 3.95. The normalized spacial score (nSPS) is 10.4. The van der Waals surface area contributed by atoms with E-state index in [1.807, 2.05) is 36.5 Å². The Morgan fingerprint density at radius 3 is 2.50 bits per heavy atom. The molecule has 2 aromatic heterocycles. The van der Waals surface area contributed by atoms with Gasteiger partial charge in [-0.05, 0) is 38.1 Å². The van der Waals surface area contributed by atoms with E-state index in [0.29, 0.717) is 6.04 Å². The van der Waals surface area contributed by atoms with Gasteiger partial charge >= 0.3 is 0 Å². The van der Waals surface area contributed by atoms with E-state index < -0.39 is 0 Å². The van der Waals surface area contributed by atoms with E-state index >= 15 is 0 Å². The summed E-state index contributed by atoms with van der Waals surface area (Å²) in [6.45, 7) is 4.18. The molecular formula is C13H15N3. The van der Waals surface area contributed by atoms with Crippen LogP contribution in [0.2, 0.25) is 0 Å². The highest BCUT2D eigenvalue weighted by Crippen LogP contribution is 2.16. The third kappa shape index (κ3) is 2.57. The monoisotopic (exact) mass is 213 g/mol. The molecule has 0 saturated carbocycles. The minimum Gasteiger partial charge on any atom is -0.368 e. The molecular weight excluding hydrogens is 198 g/mol. The molecule has 82 valence electrons. The van der Waals surface area contributed by atoms with Crippen LogP contribution in [-0.2, 0) is 0 Å². The number of hydrogen-bond donors (Lipinski definition) is 1. The number of nitrogens with one attached hydrogen (secondary N) is 1. The maximum atomic E-state index is 4.34.